The van der Waals surface area contributed by atoms with Crippen LogP contribution in [0.25, 0.3) is 0 Å². The summed E-state index contributed by atoms with van der Waals surface area (Å²) in [6.07, 6.45) is 2.02. The van der Waals surface area contributed by atoms with Crippen molar-refractivity contribution in [1.82, 2.24) is 15.2 Å². The van der Waals surface area contributed by atoms with Crippen molar-refractivity contribution in [3.8, 4) is 5.75 Å². The summed E-state index contributed by atoms with van der Waals surface area (Å²) in [4.78, 5) is 16.1. The van der Waals surface area contributed by atoms with E-state index in [0.29, 0.717) is 19.0 Å². The average Bonchev–Trinajstić information content (AvgIpc) is 2.91. The lowest BCUT2D eigenvalue weighted by molar-refractivity contribution is -0.118. The molecule has 18 heavy (non-hydrogen) atoms. The second-order valence-electron chi connectivity index (χ2n) is 4.05. The highest BCUT2D eigenvalue weighted by Gasteiger charge is 2.27. The number of rotatable bonds is 2. The lowest BCUT2D eigenvalue weighted by Gasteiger charge is -2.24. The molecule has 0 radical (unpaired) electrons. The molecule has 2 aromatic rings. The first kappa shape index (κ1) is 10.8. The summed E-state index contributed by atoms with van der Waals surface area (Å²) in [6.45, 7) is 0.547. The van der Waals surface area contributed by atoms with E-state index in [4.69, 9.17) is 4.74 Å². The Morgan fingerprint density at radius 3 is 3.17 bits per heavy atom. The first-order valence-electron chi connectivity index (χ1n) is 5.72. The van der Waals surface area contributed by atoms with Crippen LogP contribution in [0, 0.1) is 0 Å². The Hall–Kier alpha value is -2.37. The smallest absolute Gasteiger partial charge is 0.234 e. The average molecular weight is 244 g/mol. The van der Waals surface area contributed by atoms with Crippen molar-refractivity contribution < 1.29 is 9.53 Å². The van der Waals surface area contributed by atoms with E-state index in [0.717, 1.165) is 11.3 Å². The number of nitrogens with zero attached hydrogens (tertiary/aromatic N) is 2. The number of hydrogen-bond acceptors (Lipinski definition) is 4. The molecule has 1 amide bonds. The van der Waals surface area contributed by atoms with Gasteiger partial charge < -0.3 is 4.74 Å². The second-order valence-corrected chi connectivity index (χ2v) is 4.05. The van der Waals surface area contributed by atoms with Gasteiger partial charge in [0.15, 0.2) is 0 Å². The van der Waals surface area contributed by atoms with E-state index in [1.165, 1.54) is 6.33 Å². The predicted octanol–water partition coefficient (Wildman–Crippen LogP) is 1.31. The fourth-order valence-electron chi connectivity index (χ4n) is 2.08. The van der Waals surface area contributed by atoms with Crippen molar-refractivity contribution >= 4 is 11.9 Å². The van der Waals surface area contributed by atoms with E-state index in [2.05, 4.69) is 20.5 Å². The number of para-hydroxylation sites is 1. The molecular formula is C12H12N4O2. The number of nitrogens with one attached hydrogen (secondary N) is 2. The van der Waals surface area contributed by atoms with E-state index in [-0.39, 0.29) is 11.8 Å². The van der Waals surface area contributed by atoms with Gasteiger partial charge in [-0.3, -0.25) is 10.1 Å². The second kappa shape index (κ2) is 4.48. The Kier molecular flexibility index (Phi) is 2.68. The summed E-state index contributed by atoms with van der Waals surface area (Å²) in [6, 6.07) is 7.60. The summed E-state index contributed by atoms with van der Waals surface area (Å²) in [5, 5.41) is 9.00. The van der Waals surface area contributed by atoms with Crippen molar-refractivity contribution in [2.24, 2.45) is 0 Å². The SMILES string of the molecule is O=C(Nc1ncn[nH]1)C1CCOc2ccccc21. The van der Waals surface area contributed by atoms with Gasteiger partial charge in [0.2, 0.25) is 11.9 Å². The van der Waals surface area contributed by atoms with Crippen LogP contribution in [-0.4, -0.2) is 27.7 Å². The highest BCUT2D eigenvalue weighted by atomic mass is 16.5. The standard InChI is InChI=1S/C12H12N4O2/c17-11(15-12-13-7-14-16-12)9-5-6-18-10-4-2-1-3-8(9)10/h1-4,7,9H,5-6H2,(H2,13,14,15,16,17). The van der Waals surface area contributed by atoms with E-state index >= 15 is 0 Å². The van der Waals surface area contributed by atoms with Crippen LogP contribution in [0.15, 0.2) is 30.6 Å². The number of aromatic nitrogens is 3. The normalized spacial score (nSPS) is 17.7. The van der Waals surface area contributed by atoms with E-state index in [1.54, 1.807) is 0 Å². The van der Waals surface area contributed by atoms with Crippen LogP contribution in [0.5, 0.6) is 5.75 Å². The largest absolute Gasteiger partial charge is 0.493 e. The number of anilines is 1. The number of carbonyl (C=O) groups is 1. The summed E-state index contributed by atoms with van der Waals surface area (Å²) >= 11 is 0. The van der Waals surface area contributed by atoms with Crippen LogP contribution < -0.4 is 10.1 Å². The molecule has 0 fully saturated rings. The molecule has 6 heteroatoms. The molecule has 0 saturated heterocycles. The molecule has 1 aromatic heterocycles. The maximum absolute atomic E-state index is 12.2. The molecule has 1 unspecified atom stereocenters. The molecule has 0 spiro atoms. The van der Waals surface area contributed by atoms with Crippen LogP contribution in [0.4, 0.5) is 5.95 Å². The predicted molar refractivity (Wildman–Crippen MR) is 64.3 cm³/mol. The van der Waals surface area contributed by atoms with Crippen LogP contribution >= 0.6 is 0 Å². The summed E-state index contributed by atoms with van der Waals surface area (Å²) in [7, 11) is 0. The van der Waals surface area contributed by atoms with E-state index in [9.17, 15) is 4.79 Å². The van der Waals surface area contributed by atoms with Crippen molar-refractivity contribution in [1.29, 1.82) is 0 Å². The number of benzene rings is 1. The third-order valence-corrected chi connectivity index (χ3v) is 2.93. The monoisotopic (exact) mass is 244 g/mol. The number of fused-ring (bicyclic) bond motifs is 1. The Balaban J connectivity index is 1.83. The van der Waals surface area contributed by atoms with Crippen LogP contribution in [-0.2, 0) is 4.79 Å². The molecule has 1 atom stereocenters. The summed E-state index contributed by atoms with van der Waals surface area (Å²) in [5.41, 5.74) is 0.917. The molecule has 1 aliphatic heterocycles. The maximum atomic E-state index is 12.2. The molecular weight excluding hydrogens is 232 g/mol. The quantitative estimate of drug-likeness (QED) is 0.834. The highest BCUT2D eigenvalue weighted by Crippen LogP contribution is 2.33. The molecule has 0 bridgehead atoms. The van der Waals surface area contributed by atoms with Gasteiger partial charge in [0, 0.05) is 5.56 Å². The number of hydrogen-bond donors (Lipinski definition) is 2. The van der Waals surface area contributed by atoms with Crippen molar-refractivity contribution in [2.75, 3.05) is 11.9 Å². The molecule has 92 valence electrons. The molecule has 0 aliphatic carbocycles. The van der Waals surface area contributed by atoms with Crippen molar-refractivity contribution in [3.05, 3.63) is 36.2 Å². The zero-order chi connectivity index (χ0) is 12.4. The zero-order valence-corrected chi connectivity index (χ0v) is 9.59. The van der Waals surface area contributed by atoms with E-state index < -0.39 is 0 Å². The van der Waals surface area contributed by atoms with Gasteiger partial charge in [-0.25, -0.2) is 5.10 Å². The van der Waals surface area contributed by atoms with Crippen molar-refractivity contribution in [2.45, 2.75) is 12.3 Å². The van der Waals surface area contributed by atoms with Crippen molar-refractivity contribution in [3.63, 3.8) is 0 Å². The summed E-state index contributed by atoms with van der Waals surface area (Å²) in [5.74, 6) is 0.841. The van der Waals surface area contributed by atoms with Gasteiger partial charge in [0.1, 0.15) is 12.1 Å². The number of ether oxygens (including phenoxy) is 1. The van der Waals surface area contributed by atoms with Crippen LogP contribution in [0.2, 0.25) is 0 Å². The minimum atomic E-state index is -0.208. The van der Waals surface area contributed by atoms with Crippen LogP contribution in [0.3, 0.4) is 0 Å². The Bertz CT molecular complexity index is 553. The Morgan fingerprint density at radius 1 is 1.44 bits per heavy atom. The number of H-pyrrole nitrogens is 1. The lowest BCUT2D eigenvalue weighted by Crippen LogP contribution is -2.26. The van der Waals surface area contributed by atoms with Gasteiger partial charge in [-0.15, -0.1) is 0 Å². The number of carbonyl (C=O) groups excluding carboxylic acids is 1. The molecule has 1 aromatic carbocycles. The maximum Gasteiger partial charge on any atom is 0.234 e. The van der Waals surface area contributed by atoms with Gasteiger partial charge in [-0.05, 0) is 12.5 Å². The first-order valence-corrected chi connectivity index (χ1v) is 5.72. The third kappa shape index (κ3) is 1.92. The Labute approximate surface area is 103 Å². The number of aromatic amines is 1. The molecule has 6 nitrogen and oxygen atoms in total. The molecule has 3 rings (SSSR count). The zero-order valence-electron chi connectivity index (χ0n) is 9.59. The van der Waals surface area contributed by atoms with Crippen LogP contribution in [0.1, 0.15) is 17.9 Å². The topological polar surface area (TPSA) is 79.9 Å². The van der Waals surface area contributed by atoms with Gasteiger partial charge in [0.25, 0.3) is 0 Å². The number of amides is 1. The Morgan fingerprint density at radius 2 is 2.33 bits per heavy atom. The molecule has 0 saturated carbocycles. The summed E-state index contributed by atoms with van der Waals surface area (Å²) < 4.78 is 5.52. The lowest BCUT2D eigenvalue weighted by atomic mass is 9.92. The first-order chi connectivity index (χ1) is 8.84. The molecule has 2 N–H and O–H groups in total. The van der Waals surface area contributed by atoms with Gasteiger partial charge in [-0.1, -0.05) is 18.2 Å². The minimum Gasteiger partial charge on any atom is -0.493 e. The fraction of sp³-hybridized carbons (Fsp3) is 0.250. The third-order valence-electron chi connectivity index (χ3n) is 2.93. The van der Waals surface area contributed by atoms with E-state index in [1.807, 2.05) is 24.3 Å². The van der Waals surface area contributed by atoms with Gasteiger partial charge >= 0.3 is 0 Å². The molecule has 2 heterocycles. The fourth-order valence-corrected chi connectivity index (χ4v) is 2.08. The minimum absolute atomic E-state index is 0.0949. The highest BCUT2D eigenvalue weighted by molar-refractivity contribution is 5.95. The van der Waals surface area contributed by atoms with Gasteiger partial charge in [-0.2, -0.15) is 10.1 Å². The molecule has 1 aliphatic rings. The van der Waals surface area contributed by atoms with Gasteiger partial charge in [0.05, 0.1) is 12.5 Å².